The predicted octanol–water partition coefficient (Wildman–Crippen LogP) is 3.07. The van der Waals surface area contributed by atoms with Gasteiger partial charge in [-0.3, -0.25) is 0 Å². The minimum atomic E-state index is 0.596. The van der Waals surface area contributed by atoms with Gasteiger partial charge in [0.05, 0.1) is 21.1 Å². The number of methoxy groups -OCH3 is 1. The molecule has 1 aromatic rings. The number of fused-ring (bicyclic) bond motifs is 1. The van der Waals surface area contributed by atoms with E-state index in [1.165, 1.54) is 11.1 Å². The Hall–Kier alpha value is -0.955. The van der Waals surface area contributed by atoms with Gasteiger partial charge in [0.2, 0.25) is 0 Å². The van der Waals surface area contributed by atoms with Crippen molar-refractivity contribution >= 4 is 7.85 Å². The number of hydrogen-bond acceptors (Lipinski definition) is 2. The highest BCUT2D eigenvalue weighted by molar-refractivity contribution is 6.08. The molecule has 90 valence electrons. The summed E-state index contributed by atoms with van der Waals surface area (Å²) in [7, 11) is 7.32. The minimum absolute atomic E-state index is 0.596. The van der Waals surface area contributed by atoms with Gasteiger partial charge < -0.3 is 9.47 Å². The fourth-order valence-electron chi connectivity index (χ4n) is 2.44. The van der Waals surface area contributed by atoms with Crippen LogP contribution >= 0.6 is 0 Å². The third-order valence-electron chi connectivity index (χ3n) is 3.31. The van der Waals surface area contributed by atoms with Crippen molar-refractivity contribution in [2.75, 3.05) is 13.7 Å². The van der Waals surface area contributed by atoms with Gasteiger partial charge in [0.15, 0.2) is 0 Å². The number of benzene rings is 1. The Morgan fingerprint density at radius 3 is 3.12 bits per heavy atom. The molecule has 0 amide bonds. The summed E-state index contributed by atoms with van der Waals surface area (Å²) in [6, 6.07) is 6.37. The van der Waals surface area contributed by atoms with Crippen LogP contribution in [0.15, 0.2) is 18.2 Å². The molecule has 0 aliphatic carbocycles. The Morgan fingerprint density at radius 2 is 2.35 bits per heavy atom. The normalized spacial score (nSPS) is 18.5. The molecule has 1 aromatic carbocycles. The summed E-state index contributed by atoms with van der Waals surface area (Å²) in [6.07, 6.45) is 4.11. The van der Waals surface area contributed by atoms with Gasteiger partial charge in [-0.2, -0.15) is 0 Å². The van der Waals surface area contributed by atoms with Crippen molar-refractivity contribution < 1.29 is 9.47 Å². The highest BCUT2D eigenvalue weighted by Crippen LogP contribution is 2.37. The van der Waals surface area contributed by atoms with Gasteiger partial charge in [0.25, 0.3) is 0 Å². The van der Waals surface area contributed by atoms with E-state index in [0.717, 1.165) is 37.9 Å². The lowest BCUT2D eigenvalue weighted by Gasteiger charge is -2.26. The molecule has 3 heteroatoms. The van der Waals surface area contributed by atoms with E-state index in [0.29, 0.717) is 12.5 Å². The van der Waals surface area contributed by atoms with Crippen LogP contribution in [0, 0.1) is 0 Å². The molecule has 2 rings (SSSR count). The minimum Gasteiger partial charge on any atom is -0.493 e. The molecule has 0 saturated heterocycles. The smallest absolute Gasteiger partial charge is 0.122 e. The largest absolute Gasteiger partial charge is 0.493 e. The molecule has 17 heavy (non-hydrogen) atoms. The standard InChI is InChI=1S/C14H19BO2/c1-16-10-11-4-5-14-13(9-11)12(3-2-7-15)6-8-17-14/h4-5,9,12H,2-3,6-8,10H2,1H3. The Balaban J connectivity index is 2.18. The van der Waals surface area contributed by atoms with E-state index in [1.54, 1.807) is 7.11 Å². The van der Waals surface area contributed by atoms with Crippen LogP contribution in [0.5, 0.6) is 5.75 Å². The van der Waals surface area contributed by atoms with Crippen LogP contribution in [0.1, 0.15) is 36.3 Å². The zero-order valence-electron chi connectivity index (χ0n) is 10.4. The summed E-state index contributed by atoms with van der Waals surface area (Å²) < 4.78 is 10.9. The van der Waals surface area contributed by atoms with Gasteiger partial charge in [-0.05, 0) is 42.0 Å². The Bertz CT molecular complexity index is 365. The topological polar surface area (TPSA) is 18.5 Å². The van der Waals surface area contributed by atoms with Crippen LogP contribution in [0.4, 0.5) is 0 Å². The molecule has 0 saturated carbocycles. The average molecular weight is 230 g/mol. The zero-order valence-corrected chi connectivity index (χ0v) is 10.4. The van der Waals surface area contributed by atoms with Crippen LogP contribution < -0.4 is 4.74 Å². The van der Waals surface area contributed by atoms with E-state index in [-0.39, 0.29) is 0 Å². The molecule has 1 heterocycles. The first-order chi connectivity index (χ1) is 8.35. The number of ether oxygens (including phenoxy) is 2. The monoisotopic (exact) mass is 230 g/mol. The van der Waals surface area contributed by atoms with E-state index in [4.69, 9.17) is 17.3 Å². The number of rotatable bonds is 5. The van der Waals surface area contributed by atoms with Gasteiger partial charge >= 0.3 is 0 Å². The van der Waals surface area contributed by atoms with E-state index in [1.807, 2.05) is 0 Å². The van der Waals surface area contributed by atoms with E-state index in [2.05, 4.69) is 18.2 Å². The van der Waals surface area contributed by atoms with Crippen LogP contribution in [0.25, 0.3) is 0 Å². The molecule has 1 aliphatic rings. The Labute approximate surface area is 105 Å². The SMILES string of the molecule is [B]CCCC1CCOc2ccc(COC)cc21. The second-order valence-corrected chi connectivity index (χ2v) is 4.57. The lowest BCUT2D eigenvalue weighted by molar-refractivity contribution is 0.184. The fourth-order valence-corrected chi connectivity index (χ4v) is 2.44. The van der Waals surface area contributed by atoms with Crippen molar-refractivity contribution in [3.8, 4) is 5.75 Å². The molecule has 1 atom stereocenters. The fraction of sp³-hybridized carbons (Fsp3) is 0.571. The van der Waals surface area contributed by atoms with E-state index < -0.39 is 0 Å². The third-order valence-corrected chi connectivity index (χ3v) is 3.31. The Kier molecular flexibility index (Phi) is 4.49. The summed E-state index contributed by atoms with van der Waals surface area (Å²) in [6.45, 7) is 1.49. The molecule has 0 aromatic heterocycles. The summed E-state index contributed by atoms with van der Waals surface area (Å²) in [5, 5.41) is 0. The summed E-state index contributed by atoms with van der Waals surface area (Å²) in [5.74, 6) is 1.64. The van der Waals surface area contributed by atoms with Crippen LogP contribution in [0.3, 0.4) is 0 Å². The first-order valence-corrected chi connectivity index (χ1v) is 6.29. The Morgan fingerprint density at radius 1 is 1.47 bits per heavy atom. The van der Waals surface area contributed by atoms with E-state index >= 15 is 0 Å². The summed E-state index contributed by atoms with van der Waals surface area (Å²) >= 11 is 0. The van der Waals surface area contributed by atoms with Gasteiger partial charge in [-0.1, -0.05) is 18.8 Å². The van der Waals surface area contributed by atoms with Gasteiger partial charge in [0.1, 0.15) is 5.75 Å². The molecule has 2 radical (unpaired) electrons. The summed E-state index contributed by atoms with van der Waals surface area (Å²) in [4.78, 5) is 0. The van der Waals surface area contributed by atoms with Crippen LogP contribution in [-0.2, 0) is 11.3 Å². The molecule has 2 nitrogen and oxygen atoms in total. The van der Waals surface area contributed by atoms with E-state index in [9.17, 15) is 0 Å². The molecular formula is C14H19BO2. The van der Waals surface area contributed by atoms with Gasteiger partial charge in [0, 0.05) is 7.11 Å². The molecular weight excluding hydrogens is 211 g/mol. The van der Waals surface area contributed by atoms with Crippen molar-refractivity contribution in [3.63, 3.8) is 0 Å². The number of hydrogen-bond donors (Lipinski definition) is 0. The molecule has 1 aliphatic heterocycles. The lowest BCUT2D eigenvalue weighted by Crippen LogP contribution is -2.14. The third kappa shape index (κ3) is 3.03. The van der Waals surface area contributed by atoms with Crippen molar-refractivity contribution in [2.45, 2.75) is 38.1 Å². The maximum absolute atomic E-state index is 5.69. The second-order valence-electron chi connectivity index (χ2n) is 4.57. The quantitative estimate of drug-likeness (QED) is 0.723. The maximum Gasteiger partial charge on any atom is 0.122 e. The molecule has 0 N–H and O–H groups in total. The average Bonchev–Trinajstić information content (AvgIpc) is 2.36. The first-order valence-electron chi connectivity index (χ1n) is 6.29. The van der Waals surface area contributed by atoms with Crippen LogP contribution in [0.2, 0.25) is 6.32 Å². The molecule has 0 fully saturated rings. The highest BCUT2D eigenvalue weighted by Gasteiger charge is 2.21. The van der Waals surface area contributed by atoms with Crippen LogP contribution in [-0.4, -0.2) is 21.6 Å². The molecule has 0 spiro atoms. The second kappa shape index (κ2) is 6.11. The van der Waals surface area contributed by atoms with Crippen molar-refractivity contribution in [1.82, 2.24) is 0 Å². The van der Waals surface area contributed by atoms with Gasteiger partial charge in [-0.15, -0.1) is 0 Å². The van der Waals surface area contributed by atoms with Crippen molar-refractivity contribution in [1.29, 1.82) is 0 Å². The molecule has 0 bridgehead atoms. The summed E-state index contributed by atoms with van der Waals surface area (Å²) in [5.41, 5.74) is 2.55. The van der Waals surface area contributed by atoms with Crippen molar-refractivity contribution in [2.24, 2.45) is 0 Å². The maximum atomic E-state index is 5.69. The molecule has 1 unspecified atom stereocenters. The predicted molar refractivity (Wildman–Crippen MR) is 69.8 cm³/mol. The lowest BCUT2D eigenvalue weighted by atomic mass is 9.86. The first kappa shape index (κ1) is 12.5. The van der Waals surface area contributed by atoms with Gasteiger partial charge in [-0.25, -0.2) is 0 Å². The van der Waals surface area contributed by atoms with Crippen molar-refractivity contribution in [3.05, 3.63) is 29.3 Å². The zero-order chi connectivity index (χ0) is 12.1. The highest BCUT2D eigenvalue weighted by atomic mass is 16.5.